The highest BCUT2D eigenvalue weighted by Crippen LogP contribution is 2.34. The number of hydrogen-bond acceptors (Lipinski definition) is 5. The van der Waals surface area contributed by atoms with Crippen LogP contribution in [0.15, 0.2) is 24.3 Å². The number of halogens is 3. The van der Waals surface area contributed by atoms with Gasteiger partial charge in [0.05, 0.1) is 17.1 Å². The quantitative estimate of drug-likeness (QED) is 0.776. The van der Waals surface area contributed by atoms with E-state index in [0.717, 1.165) is 16.9 Å². The number of rotatable bonds is 4. The van der Waals surface area contributed by atoms with Crippen molar-refractivity contribution in [2.75, 3.05) is 5.32 Å². The van der Waals surface area contributed by atoms with Crippen molar-refractivity contribution in [3.05, 3.63) is 35.1 Å². The molecule has 0 spiro atoms. The van der Waals surface area contributed by atoms with Crippen LogP contribution in [-0.4, -0.2) is 19.7 Å². The summed E-state index contributed by atoms with van der Waals surface area (Å²) in [5.74, 6) is 0.748. The molecule has 1 aromatic carbocycles. The molecule has 5 nitrogen and oxygen atoms in total. The van der Waals surface area contributed by atoms with Crippen LogP contribution in [0.4, 0.5) is 18.3 Å². The summed E-state index contributed by atoms with van der Waals surface area (Å²) < 4.78 is 39.8. The average molecular weight is 341 g/mol. The van der Waals surface area contributed by atoms with Crippen molar-refractivity contribution in [2.45, 2.75) is 32.6 Å². The molecule has 2 aromatic heterocycles. The molecule has 0 amide bonds. The second kappa shape index (κ2) is 5.80. The van der Waals surface area contributed by atoms with Gasteiger partial charge in [0, 0.05) is 6.54 Å². The van der Waals surface area contributed by atoms with Crippen molar-refractivity contribution >= 4 is 27.5 Å². The van der Waals surface area contributed by atoms with Crippen molar-refractivity contribution in [3.63, 3.8) is 0 Å². The van der Waals surface area contributed by atoms with Gasteiger partial charge in [0.2, 0.25) is 10.1 Å². The Morgan fingerprint density at radius 1 is 1.26 bits per heavy atom. The van der Waals surface area contributed by atoms with Crippen LogP contribution in [0.25, 0.3) is 11.0 Å². The lowest BCUT2D eigenvalue weighted by molar-refractivity contribution is -0.138. The maximum absolute atomic E-state index is 12.6. The molecule has 0 aliphatic rings. The third kappa shape index (κ3) is 3.00. The van der Waals surface area contributed by atoms with Crippen molar-refractivity contribution in [2.24, 2.45) is 0 Å². The van der Waals surface area contributed by atoms with E-state index in [0.29, 0.717) is 17.9 Å². The topological polar surface area (TPSA) is 55.6 Å². The summed E-state index contributed by atoms with van der Waals surface area (Å²) in [6.07, 6.45) is -4.47. The van der Waals surface area contributed by atoms with Crippen molar-refractivity contribution in [1.82, 2.24) is 19.7 Å². The first-order valence-electron chi connectivity index (χ1n) is 7.02. The third-order valence-electron chi connectivity index (χ3n) is 3.40. The zero-order valence-electron chi connectivity index (χ0n) is 12.4. The van der Waals surface area contributed by atoms with Crippen LogP contribution in [0.3, 0.4) is 0 Å². The number of benzene rings is 1. The van der Waals surface area contributed by atoms with E-state index in [-0.39, 0.29) is 11.2 Å². The minimum Gasteiger partial charge on any atom is -0.350 e. The molecule has 0 fully saturated rings. The summed E-state index contributed by atoms with van der Waals surface area (Å²) in [6, 6.07) is 7.41. The normalized spacial score (nSPS) is 13.4. The number of aryl methyl sites for hydroxylation is 1. The highest BCUT2D eigenvalue weighted by atomic mass is 32.1. The molecule has 3 rings (SSSR count). The zero-order chi connectivity index (χ0) is 16.6. The molecule has 0 saturated heterocycles. The Kier molecular flexibility index (Phi) is 3.97. The number of hydrogen-bond donors (Lipinski definition) is 1. The zero-order valence-corrected chi connectivity index (χ0v) is 13.2. The summed E-state index contributed by atoms with van der Waals surface area (Å²) in [7, 11) is 0. The van der Waals surface area contributed by atoms with Gasteiger partial charge in [0.15, 0.2) is 0 Å². The molecular weight excluding hydrogens is 327 g/mol. The Balaban J connectivity index is 1.89. The lowest BCUT2D eigenvalue weighted by Gasteiger charge is -2.14. The molecule has 0 aliphatic carbocycles. The molecule has 3 aromatic rings. The first-order valence-corrected chi connectivity index (χ1v) is 7.84. The van der Waals surface area contributed by atoms with Crippen molar-refractivity contribution < 1.29 is 13.2 Å². The fourth-order valence-electron chi connectivity index (χ4n) is 2.40. The maximum atomic E-state index is 12.6. The monoisotopic (exact) mass is 341 g/mol. The van der Waals surface area contributed by atoms with E-state index >= 15 is 0 Å². The number of nitrogens with zero attached hydrogens (tertiary/aromatic N) is 4. The molecule has 1 N–H and O–H groups in total. The number of alkyl halides is 3. The average Bonchev–Trinajstić information content (AvgIpc) is 3.10. The van der Waals surface area contributed by atoms with E-state index in [9.17, 15) is 13.2 Å². The van der Waals surface area contributed by atoms with Crippen LogP contribution in [-0.2, 0) is 12.7 Å². The van der Waals surface area contributed by atoms with E-state index < -0.39 is 11.2 Å². The number of fused-ring (bicyclic) bond motifs is 1. The van der Waals surface area contributed by atoms with Gasteiger partial charge >= 0.3 is 6.18 Å². The van der Waals surface area contributed by atoms with Gasteiger partial charge in [-0.05, 0) is 26.0 Å². The van der Waals surface area contributed by atoms with Crippen LogP contribution >= 0.6 is 11.3 Å². The van der Waals surface area contributed by atoms with Gasteiger partial charge in [-0.2, -0.15) is 13.2 Å². The molecule has 122 valence electrons. The summed E-state index contributed by atoms with van der Waals surface area (Å²) >= 11 is 0.488. The van der Waals surface area contributed by atoms with Gasteiger partial charge < -0.3 is 9.88 Å². The first-order chi connectivity index (χ1) is 10.9. The number of imidazole rings is 1. The van der Waals surface area contributed by atoms with Gasteiger partial charge in [0.1, 0.15) is 5.82 Å². The molecule has 1 atom stereocenters. The summed E-state index contributed by atoms with van der Waals surface area (Å²) in [6.45, 7) is 4.55. The number of nitrogens with one attached hydrogen (secondary N) is 1. The number of anilines is 1. The Hall–Kier alpha value is -2.16. The lowest BCUT2D eigenvalue weighted by atomic mass is 10.3. The summed E-state index contributed by atoms with van der Waals surface area (Å²) in [4.78, 5) is 4.57. The molecule has 0 saturated carbocycles. The molecule has 23 heavy (non-hydrogen) atoms. The molecular formula is C14H14F3N5S. The SMILES string of the molecule is CCn1c(C(C)Nc2nnc(C(F)(F)F)s2)nc2ccccc21. The van der Waals surface area contributed by atoms with Crippen molar-refractivity contribution in [1.29, 1.82) is 0 Å². The number of para-hydroxylation sites is 2. The first kappa shape index (κ1) is 15.7. The van der Waals surface area contributed by atoms with Crippen LogP contribution in [0, 0.1) is 0 Å². The van der Waals surface area contributed by atoms with Crippen LogP contribution in [0.1, 0.15) is 30.7 Å². The van der Waals surface area contributed by atoms with E-state index in [1.54, 1.807) is 0 Å². The fraction of sp³-hybridized carbons (Fsp3) is 0.357. The third-order valence-corrected chi connectivity index (χ3v) is 4.29. The second-order valence-corrected chi connectivity index (χ2v) is 5.96. The minimum atomic E-state index is -4.47. The van der Waals surface area contributed by atoms with E-state index in [1.165, 1.54) is 0 Å². The minimum absolute atomic E-state index is 0.125. The molecule has 0 bridgehead atoms. The summed E-state index contributed by atoms with van der Waals surface area (Å²) in [5.41, 5.74) is 1.85. The largest absolute Gasteiger partial charge is 0.445 e. The molecule has 2 heterocycles. The Morgan fingerprint density at radius 2 is 2.00 bits per heavy atom. The van der Waals surface area contributed by atoms with Gasteiger partial charge in [-0.1, -0.05) is 23.5 Å². The van der Waals surface area contributed by atoms with Gasteiger partial charge in [-0.25, -0.2) is 4.98 Å². The standard InChI is InChI=1S/C14H14F3N5S/c1-3-22-10-7-5-4-6-9(10)19-11(22)8(2)18-13-21-20-12(23-13)14(15,16)17/h4-8H,3H2,1-2H3,(H,18,21). The van der Waals surface area contributed by atoms with Crippen molar-refractivity contribution in [3.8, 4) is 0 Å². The van der Waals surface area contributed by atoms with E-state index in [2.05, 4.69) is 20.5 Å². The van der Waals surface area contributed by atoms with E-state index in [4.69, 9.17) is 0 Å². The maximum Gasteiger partial charge on any atom is 0.445 e. The highest BCUT2D eigenvalue weighted by molar-refractivity contribution is 7.15. The fourth-order valence-corrected chi connectivity index (χ4v) is 3.10. The molecule has 0 radical (unpaired) electrons. The van der Waals surface area contributed by atoms with Crippen LogP contribution < -0.4 is 5.32 Å². The summed E-state index contributed by atoms with van der Waals surface area (Å²) in [5, 5.41) is 8.84. The molecule has 9 heteroatoms. The lowest BCUT2D eigenvalue weighted by Crippen LogP contribution is -2.13. The van der Waals surface area contributed by atoms with Crippen LogP contribution in [0.2, 0.25) is 0 Å². The number of aromatic nitrogens is 4. The van der Waals surface area contributed by atoms with E-state index in [1.807, 2.05) is 42.7 Å². The Bertz CT molecular complexity index is 823. The van der Waals surface area contributed by atoms with Gasteiger partial charge in [-0.3, -0.25) is 0 Å². The Labute approximate surface area is 134 Å². The highest BCUT2D eigenvalue weighted by Gasteiger charge is 2.35. The van der Waals surface area contributed by atoms with Gasteiger partial charge in [0.25, 0.3) is 0 Å². The van der Waals surface area contributed by atoms with Crippen LogP contribution in [0.5, 0.6) is 0 Å². The second-order valence-electron chi connectivity index (χ2n) is 4.98. The molecule has 0 aliphatic heterocycles. The smallest absolute Gasteiger partial charge is 0.350 e. The predicted molar refractivity (Wildman–Crippen MR) is 82.4 cm³/mol. The molecule has 1 unspecified atom stereocenters. The van der Waals surface area contributed by atoms with Gasteiger partial charge in [-0.15, -0.1) is 10.2 Å². The Morgan fingerprint density at radius 3 is 2.65 bits per heavy atom. The predicted octanol–water partition coefficient (Wildman–Crippen LogP) is 4.10.